The summed E-state index contributed by atoms with van der Waals surface area (Å²) in [5.74, 6) is -0.870. The summed E-state index contributed by atoms with van der Waals surface area (Å²) in [5.41, 5.74) is 9.12. The molecule has 3 N–H and O–H groups in total. The van der Waals surface area contributed by atoms with Crippen LogP contribution in [0, 0.1) is 13.8 Å². The Labute approximate surface area is 95.3 Å². The molecule has 1 aromatic rings. The fourth-order valence-corrected chi connectivity index (χ4v) is 2.22. The van der Waals surface area contributed by atoms with Gasteiger partial charge in [0.25, 0.3) is 0 Å². The number of hydrogen-bond acceptors (Lipinski definition) is 2. The third-order valence-corrected chi connectivity index (χ3v) is 3.72. The highest BCUT2D eigenvalue weighted by atomic mass is 16.4. The Hall–Kier alpha value is -1.35. The van der Waals surface area contributed by atoms with Gasteiger partial charge >= 0.3 is 5.97 Å². The SMILES string of the molecule is Cc1cc(C2(N)CCC2)cc(C(=O)O)c1C. The lowest BCUT2D eigenvalue weighted by molar-refractivity contribution is 0.0695. The van der Waals surface area contributed by atoms with Crippen LogP contribution in [-0.4, -0.2) is 11.1 Å². The van der Waals surface area contributed by atoms with E-state index in [0.717, 1.165) is 36.0 Å². The second-order valence-corrected chi connectivity index (χ2v) is 4.78. The molecule has 3 heteroatoms. The minimum absolute atomic E-state index is 0.289. The molecule has 1 saturated carbocycles. The van der Waals surface area contributed by atoms with E-state index in [1.54, 1.807) is 6.07 Å². The maximum absolute atomic E-state index is 11.1. The Balaban J connectivity index is 2.52. The first-order chi connectivity index (χ1) is 7.44. The van der Waals surface area contributed by atoms with Crippen LogP contribution in [0.3, 0.4) is 0 Å². The first-order valence-corrected chi connectivity index (χ1v) is 5.58. The highest BCUT2D eigenvalue weighted by Crippen LogP contribution is 2.39. The lowest BCUT2D eigenvalue weighted by Gasteiger charge is -2.39. The van der Waals surface area contributed by atoms with Crippen LogP contribution >= 0.6 is 0 Å². The molecule has 2 rings (SSSR count). The normalized spacial score (nSPS) is 17.9. The van der Waals surface area contributed by atoms with E-state index >= 15 is 0 Å². The van der Waals surface area contributed by atoms with Gasteiger partial charge in [-0.1, -0.05) is 6.07 Å². The molecule has 0 bridgehead atoms. The molecular formula is C13H17NO2. The van der Waals surface area contributed by atoms with Crippen molar-refractivity contribution < 1.29 is 9.90 Å². The maximum atomic E-state index is 11.1. The third-order valence-electron chi connectivity index (χ3n) is 3.72. The standard InChI is InChI=1S/C13H17NO2/c1-8-6-10(13(14)4-3-5-13)7-11(9(8)2)12(15)16/h6-7H,3-5,14H2,1-2H3,(H,15,16). The van der Waals surface area contributed by atoms with Crippen LogP contribution in [0.4, 0.5) is 0 Å². The second kappa shape index (κ2) is 3.59. The molecule has 0 radical (unpaired) electrons. The van der Waals surface area contributed by atoms with Gasteiger partial charge in [0.2, 0.25) is 0 Å². The number of rotatable bonds is 2. The summed E-state index contributed by atoms with van der Waals surface area (Å²) in [6.45, 7) is 3.78. The smallest absolute Gasteiger partial charge is 0.335 e. The van der Waals surface area contributed by atoms with E-state index in [1.807, 2.05) is 19.9 Å². The van der Waals surface area contributed by atoms with Crippen molar-refractivity contribution in [2.75, 3.05) is 0 Å². The van der Waals surface area contributed by atoms with Crippen LogP contribution in [0.25, 0.3) is 0 Å². The highest BCUT2D eigenvalue weighted by Gasteiger charge is 2.35. The molecule has 0 aromatic heterocycles. The number of carboxylic acid groups (broad SMARTS) is 1. The Kier molecular flexibility index (Phi) is 2.50. The molecule has 0 saturated heterocycles. The Morgan fingerprint density at radius 2 is 2.00 bits per heavy atom. The van der Waals surface area contributed by atoms with Crippen LogP contribution in [0.1, 0.15) is 46.3 Å². The van der Waals surface area contributed by atoms with E-state index in [1.165, 1.54) is 0 Å². The summed E-state index contributed by atoms with van der Waals surface area (Å²) in [6, 6.07) is 3.77. The molecule has 0 heterocycles. The largest absolute Gasteiger partial charge is 0.478 e. The molecule has 1 aliphatic rings. The molecule has 0 aliphatic heterocycles. The molecule has 0 unspecified atom stereocenters. The molecule has 0 spiro atoms. The average molecular weight is 219 g/mol. The van der Waals surface area contributed by atoms with Crippen molar-refractivity contribution in [2.24, 2.45) is 5.73 Å². The van der Waals surface area contributed by atoms with Gasteiger partial charge in [0.15, 0.2) is 0 Å². The van der Waals surface area contributed by atoms with Gasteiger partial charge in [0, 0.05) is 5.54 Å². The molecular weight excluding hydrogens is 202 g/mol. The molecule has 3 nitrogen and oxygen atoms in total. The monoisotopic (exact) mass is 219 g/mol. The second-order valence-electron chi connectivity index (χ2n) is 4.78. The van der Waals surface area contributed by atoms with Crippen LogP contribution < -0.4 is 5.73 Å². The van der Waals surface area contributed by atoms with Gasteiger partial charge in [-0.2, -0.15) is 0 Å². The molecule has 1 aliphatic carbocycles. The highest BCUT2D eigenvalue weighted by molar-refractivity contribution is 5.90. The van der Waals surface area contributed by atoms with E-state index in [9.17, 15) is 4.79 Å². The summed E-state index contributed by atoms with van der Waals surface area (Å²) in [5, 5.41) is 9.13. The Morgan fingerprint density at radius 1 is 1.38 bits per heavy atom. The van der Waals surface area contributed by atoms with Gasteiger partial charge in [-0.05, 0) is 55.9 Å². The van der Waals surface area contributed by atoms with E-state index in [4.69, 9.17) is 10.8 Å². The number of benzene rings is 1. The summed E-state index contributed by atoms with van der Waals surface area (Å²) < 4.78 is 0. The van der Waals surface area contributed by atoms with Crippen LogP contribution in [-0.2, 0) is 5.54 Å². The van der Waals surface area contributed by atoms with Gasteiger partial charge in [0.05, 0.1) is 5.56 Å². The Bertz CT molecular complexity index is 447. The topological polar surface area (TPSA) is 63.3 Å². The fraction of sp³-hybridized carbons (Fsp3) is 0.462. The van der Waals surface area contributed by atoms with Crippen LogP contribution in [0.5, 0.6) is 0 Å². The number of hydrogen-bond donors (Lipinski definition) is 2. The lowest BCUT2D eigenvalue weighted by Crippen LogP contribution is -2.43. The van der Waals surface area contributed by atoms with Crippen LogP contribution in [0.2, 0.25) is 0 Å². The number of carbonyl (C=O) groups is 1. The van der Waals surface area contributed by atoms with Gasteiger partial charge in [-0.3, -0.25) is 0 Å². The van der Waals surface area contributed by atoms with Crippen molar-refractivity contribution in [3.8, 4) is 0 Å². The summed E-state index contributed by atoms with van der Waals surface area (Å²) in [6.07, 6.45) is 3.04. The minimum Gasteiger partial charge on any atom is -0.478 e. The quantitative estimate of drug-likeness (QED) is 0.802. The Morgan fingerprint density at radius 3 is 2.44 bits per heavy atom. The van der Waals surface area contributed by atoms with Crippen molar-refractivity contribution in [3.05, 3.63) is 34.4 Å². The van der Waals surface area contributed by atoms with E-state index in [0.29, 0.717) is 5.56 Å². The molecule has 16 heavy (non-hydrogen) atoms. The van der Waals surface area contributed by atoms with Crippen molar-refractivity contribution in [1.29, 1.82) is 0 Å². The van der Waals surface area contributed by atoms with Gasteiger partial charge < -0.3 is 10.8 Å². The van der Waals surface area contributed by atoms with Gasteiger partial charge in [0.1, 0.15) is 0 Å². The number of carboxylic acids is 1. The van der Waals surface area contributed by atoms with E-state index in [-0.39, 0.29) is 5.54 Å². The summed E-state index contributed by atoms with van der Waals surface area (Å²) >= 11 is 0. The molecule has 0 amide bonds. The van der Waals surface area contributed by atoms with Gasteiger partial charge in [-0.25, -0.2) is 4.79 Å². The summed E-state index contributed by atoms with van der Waals surface area (Å²) in [4.78, 5) is 11.1. The zero-order valence-corrected chi connectivity index (χ0v) is 9.71. The first kappa shape index (κ1) is 11.1. The molecule has 86 valence electrons. The maximum Gasteiger partial charge on any atom is 0.335 e. The van der Waals surface area contributed by atoms with Crippen molar-refractivity contribution >= 4 is 5.97 Å². The number of aromatic carboxylic acids is 1. The molecule has 0 atom stereocenters. The van der Waals surface area contributed by atoms with E-state index in [2.05, 4.69) is 0 Å². The predicted octanol–water partition coefficient (Wildman–Crippen LogP) is 2.34. The van der Waals surface area contributed by atoms with Crippen LogP contribution in [0.15, 0.2) is 12.1 Å². The molecule has 1 aromatic carbocycles. The zero-order chi connectivity index (χ0) is 11.9. The first-order valence-electron chi connectivity index (χ1n) is 5.58. The van der Waals surface area contributed by atoms with Crippen molar-refractivity contribution in [3.63, 3.8) is 0 Å². The summed E-state index contributed by atoms with van der Waals surface area (Å²) in [7, 11) is 0. The average Bonchev–Trinajstić information content (AvgIpc) is 2.18. The number of nitrogens with two attached hydrogens (primary N) is 1. The van der Waals surface area contributed by atoms with Gasteiger partial charge in [-0.15, -0.1) is 0 Å². The molecule has 1 fully saturated rings. The minimum atomic E-state index is -0.870. The predicted molar refractivity (Wildman–Crippen MR) is 62.6 cm³/mol. The lowest BCUT2D eigenvalue weighted by atomic mass is 9.72. The fourth-order valence-electron chi connectivity index (χ4n) is 2.22. The van der Waals surface area contributed by atoms with Crippen molar-refractivity contribution in [1.82, 2.24) is 0 Å². The van der Waals surface area contributed by atoms with E-state index < -0.39 is 5.97 Å². The number of aryl methyl sites for hydroxylation is 1. The zero-order valence-electron chi connectivity index (χ0n) is 9.71. The third kappa shape index (κ3) is 1.61. The van der Waals surface area contributed by atoms with Crippen molar-refractivity contribution in [2.45, 2.75) is 38.6 Å².